The number of nitrogens with zero attached hydrogens (tertiary/aromatic N) is 1. The maximum atomic E-state index is 12.8. The van der Waals surface area contributed by atoms with Gasteiger partial charge in [-0.3, -0.25) is 4.79 Å². The highest BCUT2D eigenvalue weighted by molar-refractivity contribution is 5.98. The Bertz CT molecular complexity index is 663. The molecule has 126 valence electrons. The molecule has 1 saturated heterocycles. The highest BCUT2D eigenvalue weighted by Crippen LogP contribution is 2.30. The molecule has 3 rings (SSSR count). The molecule has 1 atom stereocenters. The number of carbonyl (C=O) groups excluding carboxylic acids is 1. The highest BCUT2D eigenvalue weighted by Gasteiger charge is 2.21. The number of nitrogens with one attached hydrogen (secondary N) is 1. The van der Waals surface area contributed by atoms with E-state index in [0.29, 0.717) is 0 Å². The lowest BCUT2D eigenvalue weighted by Gasteiger charge is -2.30. The van der Waals surface area contributed by atoms with Crippen LogP contribution in [-0.4, -0.2) is 19.0 Å². The van der Waals surface area contributed by atoms with Crippen molar-refractivity contribution >= 4 is 17.3 Å². The Hall–Kier alpha value is -2.29. The third-order valence-corrected chi connectivity index (χ3v) is 4.79. The smallest absolute Gasteiger partial charge is 0.231 e. The number of anilines is 2. The molecule has 1 fully saturated rings. The third kappa shape index (κ3) is 3.78. The van der Waals surface area contributed by atoms with Crippen molar-refractivity contribution in [3.8, 4) is 0 Å². The van der Waals surface area contributed by atoms with Crippen LogP contribution in [0, 0.1) is 0 Å². The second-order valence-electron chi connectivity index (χ2n) is 6.43. The van der Waals surface area contributed by atoms with E-state index >= 15 is 0 Å². The Morgan fingerprint density at radius 1 is 1.00 bits per heavy atom. The van der Waals surface area contributed by atoms with Crippen LogP contribution in [0.25, 0.3) is 0 Å². The third-order valence-electron chi connectivity index (χ3n) is 4.79. The van der Waals surface area contributed by atoms with Crippen molar-refractivity contribution in [2.75, 3.05) is 23.3 Å². The van der Waals surface area contributed by atoms with Crippen LogP contribution in [0.1, 0.15) is 44.1 Å². The zero-order valence-electron chi connectivity index (χ0n) is 14.4. The molecule has 0 bridgehead atoms. The molecule has 1 amide bonds. The Morgan fingerprint density at radius 2 is 1.67 bits per heavy atom. The topological polar surface area (TPSA) is 32.3 Å². The van der Waals surface area contributed by atoms with Crippen molar-refractivity contribution < 1.29 is 4.79 Å². The predicted octanol–water partition coefficient (Wildman–Crippen LogP) is 4.81. The molecule has 3 heteroatoms. The van der Waals surface area contributed by atoms with Gasteiger partial charge < -0.3 is 10.2 Å². The zero-order valence-corrected chi connectivity index (χ0v) is 14.4. The summed E-state index contributed by atoms with van der Waals surface area (Å²) in [5.74, 6) is -0.0335. The minimum atomic E-state index is -0.111. The van der Waals surface area contributed by atoms with Gasteiger partial charge in [-0.2, -0.15) is 0 Å². The maximum Gasteiger partial charge on any atom is 0.231 e. The average Bonchev–Trinajstić information content (AvgIpc) is 2.64. The first-order valence-electron chi connectivity index (χ1n) is 8.99. The van der Waals surface area contributed by atoms with Crippen LogP contribution in [0.15, 0.2) is 54.6 Å². The number of piperidine rings is 1. The minimum Gasteiger partial charge on any atom is -0.370 e. The number of hydrogen-bond acceptors (Lipinski definition) is 2. The predicted molar refractivity (Wildman–Crippen MR) is 101 cm³/mol. The van der Waals surface area contributed by atoms with E-state index in [1.54, 1.807) is 0 Å². The van der Waals surface area contributed by atoms with Gasteiger partial charge in [0.1, 0.15) is 0 Å². The molecule has 2 aromatic carbocycles. The summed E-state index contributed by atoms with van der Waals surface area (Å²) in [6.07, 6.45) is 4.55. The van der Waals surface area contributed by atoms with Gasteiger partial charge in [0.15, 0.2) is 0 Å². The van der Waals surface area contributed by atoms with Crippen LogP contribution in [0.5, 0.6) is 0 Å². The van der Waals surface area contributed by atoms with E-state index in [-0.39, 0.29) is 11.8 Å². The number of para-hydroxylation sites is 2. The molecule has 1 heterocycles. The maximum absolute atomic E-state index is 12.8. The SMILES string of the molecule is CC[C@H](C(=O)Nc1ccccc1N1CCCCC1)c1ccccc1. The van der Waals surface area contributed by atoms with Crippen molar-refractivity contribution in [1.82, 2.24) is 0 Å². The molecule has 24 heavy (non-hydrogen) atoms. The average molecular weight is 322 g/mol. The van der Waals surface area contributed by atoms with E-state index in [2.05, 4.69) is 23.2 Å². The second kappa shape index (κ2) is 8.00. The van der Waals surface area contributed by atoms with E-state index in [4.69, 9.17) is 0 Å². The highest BCUT2D eigenvalue weighted by atomic mass is 16.1. The molecule has 1 aliphatic heterocycles. The molecule has 0 unspecified atom stereocenters. The monoisotopic (exact) mass is 322 g/mol. The Morgan fingerprint density at radius 3 is 2.38 bits per heavy atom. The van der Waals surface area contributed by atoms with Crippen LogP contribution in [0.3, 0.4) is 0 Å². The van der Waals surface area contributed by atoms with Gasteiger partial charge in [-0.25, -0.2) is 0 Å². The van der Waals surface area contributed by atoms with Crippen molar-refractivity contribution in [3.05, 3.63) is 60.2 Å². The summed E-state index contributed by atoms with van der Waals surface area (Å²) in [6.45, 7) is 4.21. The van der Waals surface area contributed by atoms with Gasteiger partial charge in [0, 0.05) is 13.1 Å². The number of amides is 1. The Labute approximate surface area is 144 Å². The van der Waals surface area contributed by atoms with Crippen LogP contribution in [0.2, 0.25) is 0 Å². The van der Waals surface area contributed by atoms with Gasteiger partial charge >= 0.3 is 0 Å². The molecule has 0 aromatic heterocycles. The van der Waals surface area contributed by atoms with Crippen molar-refractivity contribution in [1.29, 1.82) is 0 Å². The van der Waals surface area contributed by atoms with Crippen molar-refractivity contribution in [2.45, 2.75) is 38.5 Å². The van der Waals surface area contributed by atoms with Crippen LogP contribution >= 0.6 is 0 Å². The first kappa shape index (κ1) is 16.6. The van der Waals surface area contributed by atoms with Gasteiger partial charge in [-0.15, -0.1) is 0 Å². The molecular weight excluding hydrogens is 296 g/mol. The van der Waals surface area contributed by atoms with Crippen LogP contribution in [-0.2, 0) is 4.79 Å². The first-order valence-corrected chi connectivity index (χ1v) is 8.99. The molecule has 1 N–H and O–H groups in total. The molecule has 1 aliphatic rings. The lowest BCUT2D eigenvalue weighted by Crippen LogP contribution is -2.31. The van der Waals surface area contributed by atoms with Crippen molar-refractivity contribution in [3.63, 3.8) is 0 Å². The largest absolute Gasteiger partial charge is 0.370 e. The number of hydrogen-bond donors (Lipinski definition) is 1. The summed E-state index contributed by atoms with van der Waals surface area (Å²) >= 11 is 0. The molecule has 2 aromatic rings. The van der Waals surface area contributed by atoms with Gasteiger partial charge in [0.25, 0.3) is 0 Å². The summed E-state index contributed by atoms with van der Waals surface area (Å²) in [5, 5.41) is 3.18. The fourth-order valence-electron chi connectivity index (χ4n) is 3.47. The summed E-state index contributed by atoms with van der Waals surface area (Å²) in [6, 6.07) is 18.2. The molecule has 0 aliphatic carbocycles. The normalized spacial score (nSPS) is 15.8. The van der Waals surface area contributed by atoms with Crippen LogP contribution in [0.4, 0.5) is 11.4 Å². The second-order valence-corrected chi connectivity index (χ2v) is 6.43. The van der Waals surface area contributed by atoms with Crippen molar-refractivity contribution in [2.24, 2.45) is 0 Å². The Kier molecular flexibility index (Phi) is 5.52. The summed E-state index contributed by atoms with van der Waals surface area (Å²) in [4.78, 5) is 15.2. The number of carbonyl (C=O) groups is 1. The van der Waals surface area contributed by atoms with Crippen LogP contribution < -0.4 is 10.2 Å². The summed E-state index contributed by atoms with van der Waals surface area (Å²) in [7, 11) is 0. The van der Waals surface area contributed by atoms with Gasteiger partial charge in [0.2, 0.25) is 5.91 Å². The minimum absolute atomic E-state index is 0.0770. The number of benzene rings is 2. The molecule has 0 radical (unpaired) electrons. The fourth-order valence-corrected chi connectivity index (χ4v) is 3.47. The van der Waals surface area contributed by atoms with Gasteiger partial charge in [0.05, 0.1) is 17.3 Å². The summed E-state index contributed by atoms with van der Waals surface area (Å²) in [5.41, 5.74) is 3.15. The lowest BCUT2D eigenvalue weighted by atomic mass is 9.95. The number of rotatable bonds is 5. The van der Waals surface area contributed by atoms with Gasteiger partial charge in [-0.1, -0.05) is 49.4 Å². The van der Waals surface area contributed by atoms with Gasteiger partial charge in [-0.05, 0) is 43.4 Å². The van der Waals surface area contributed by atoms with E-state index in [1.807, 2.05) is 48.5 Å². The van der Waals surface area contributed by atoms with E-state index in [0.717, 1.165) is 36.4 Å². The molecule has 0 spiro atoms. The fraction of sp³-hybridized carbons (Fsp3) is 0.381. The standard InChI is InChI=1S/C21H26N2O/c1-2-18(17-11-5-3-6-12-17)21(24)22-19-13-7-8-14-20(19)23-15-9-4-10-16-23/h3,5-8,11-14,18H,2,4,9-10,15-16H2,1H3,(H,22,24)/t18-/m0/s1. The van der Waals surface area contributed by atoms with E-state index in [1.165, 1.54) is 19.3 Å². The lowest BCUT2D eigenvalue weighted by molar-refractivity contribution is -0.117. The van der Waals surface area contributed by atoms with E-state index < -0.39 is 0 Å². The molecule has 3 nitrogen and oxygen atoms in total. The molecule has 0 saturated carbocycles. The van der Waals surface area contributed by atoms with E-state index in [9.17, 15) is 4.79 Å². The molecular formula is C21H26N2O. The zero-order chi connectivity index (χ0) is 16.8. The Balaban J connectivity index is 1.79. The quantitative estimate of drug-likeness (QED) is 0.857. The summed E-state index contributed by atoms with van der Waals surface area (Å²) < 4.78 is 0. The first-order chi connectivity index (χ1) is 11.8.